The molecular formula is C22H18O7. The van der Waals surface area contributed by atoms with E-state index >= 15 is 0 Å². The predicted octanol–water partition coefficient (Wildman–Crippen LogP) is 2.30. The van der Waals surface area contributed by atoms with E-state index in [2.05, 4.69) is 16.6 Å². The summed E-state index contributed by atoms with van der Waals surface area (Å²) in [5.74, 6) is 0.332. The molecule has 0 aliphatic heterocycles. The molecule has 2 rings (SSSR count). The molecule has 0 atom stereocenters. The highest BCUT2D eigenvalue weighted by Gasteiger charge is 2.18. The van der Waals surface area contributed by atoms with Crippen molar-refractivity contribution in [2.45, 2.75) is 18.9 Å². The molecule has 148 valence electrons. The van der Waals surface area contributed by atoms with Gasteiger partial charge in [0, 0.05) is 12.3 Å². The van der Waals surface area contributed by atoms with Gasteiger partial charge in [-0.3, -0.25) is 9.59 Å². The summed E-state index contributed by atoms with van der Waals surface area (Å²) in [5.41, 5.74) is 1.54. The highest BCUT2D eigenvalue weighted by atomic mass is 16.5. The average molecular weight is 394 g/mol. The first-order valence-corrected chi connectivity index (χ1v) is 8.68. The topological polar surface area (TPSA) is 107 Å². The fourth-order valence-corrected chi connectivity index (χ4v) is 2.33. The van der Waals surface area contributed by atoms with Crippen LogP contribution in [-0.4, -0.2) is 35.4 Å². The normalized spacial score (nSPS) is 9.83. The Balaban J connectivity index is 1.94. The van der Waals surface area contributed by atoms with Gasteiger partial charge in [0.25, 0.3) is 0 Å². The summed E-state index contributed by atoms with van der Waals surface area (Å²) in [7, 11) is 0. The molecule has 0 saturated carbocycles. The van der Waals surface area contributed by atoms with Gasteiger partial charge in [0.15, 0.2) is 12.7 Å². The third-order valence-corrected chi connectivity index (χ3v) is 3.69. The van der Waals surface area contributed by atoms with Crippen LogP contribution in [0.2, 0.25) is 0 Å². The first-order valence-electron chi connectivity index (χ1n) is 8.68. The fourth-order valence-electron chi connectivity index (χ4n) is 2.33. The molecule has 0 saturated heterocycles. The summed E-state index contributed by atoms with van der Waals surface area (Å²) in [4.78, 5) is 45.2. The summed E-state index contributed by atoms with van der Waals surface area (Å²) in [6.45, 7) is -0.492. The molecule has 0 aliphatic carbocycles. The minimum absolute atomic E-state index is 0.459. The van der Waals surface area contributed by atoms with Gasteiger partial charge < -0.3 is 14.6 Å². The Morgan fingerprint density at radius 1 is 0.862 bits per heavy atom. The standard InChI is InChI=1S/C22H18O7/c23-18(13-14-19(24)25)22(27)28-15-7-12-20(26)29-21(16-8-3-1-4-9-16)17-10-5-2-6-11-17/h1-6,8-11,21H,13-15H2,(H,24,25). The number of carbonyl (C=O) groups excluding carboxylic acids is 3. The second-order valence-electron chi connectivity index (χ2n) is 5.80. The van der Waals surface area contributed by atoms with Gasteiger partial charge in [0.05, 0.1) is 6.42 Å². The van der Waals surface area contributed by atoms with Crippen LogP contribution < -0.4 is 0 Å². The number of carboxylic acids is 1. The van der Waals surface area contributed by atoms with Crippen LogP contribution in [0.5, 0.6) is 0 Å². The summed E-state index contributed by atoms with van der Waals surface area (Å²) in [5, 5.41) is 8.48. The predicted molar refractivity (Wildman–Crippen MR) is 101 cm³/mol. The molecule has 0 fully saturated rings. The van der Waals surface area contributed by atoms with Gasteiger partial charge in [-0.05, 0) is 17.0 Å². The maximum atomic E-state index is 12.1. The van der Waals surface area contributed by atoms with Crippen LogP contribution in [0, 0.1) is 11.8 Å². The zero-order valence-corrected chi connectivity index (χ0v) is 15.4. The van der Waals surface area contributed by atoms with E-state index in [4.69, 9.17) is 9.84 Å². The summed E-state index contributed by atoms with van der Waals surface area (Å²) in [6.07, 6.45) is -1.58. The van der Waals surface area contributed by atoms with E-state index in [0.29, 0.717) is 0 Å². The lowest BCUT2D eigenvalue weighted by Gasteiger charge is -2.17. The Morgan fingerprint density at radius 2 is 1.41 bits per heavy atom. The second-order valence-corrected chi connectivity index (χ2v) is 5.80. The van der Waals surface area contributed by atoms with Crippen molar-refractivity contribution in [1.82, 2.24) is 0 Å². The van der Waals surface area contributed by atoms with Crippen LogP contribution in [0.25, 0.3) is 0 Å². The van der Waals surface area contributed by atoms with Gasteiger partial charge in [-0.25, -0.2) is 9.59 Å². The highest BCUT2D eigenvalue weighted by molar-refractivity contribution is 6.33. The van der Waals surface area contributed by atoms with Gasteiger partial charge in [-0.2, -0.15) is 0 Å². The average Bonchev–Trinajstić information content (AvgIpc) is 2.74. The molecule has 0 amide bonds. The zero-order valence-electron chi connectivity index (χ0n) is 15.4. The Morgan fingerprint density at radius 3 is 1.93 bits per heavy atom. The second kappa shape index (κ2) is 11.0. The first kappa shape index (κ1) is 21.4. The Kier molecular flexibility index (Phi) is 8.14. The van der Waals surface area contributed by atoms with Crippen molar-refractivity contribution in [3.05, 3.63) is 71.8 Å². The molecule has 0 heterocycles. The minimum Gasteiger partial charge on any atom is -0.481 e. The highest BCUT2D eigenvalue weighted by Crippen LogP contribution is 2.25. The van der Waals surface area contributed by atoms with Crippen LogP contribution in [0.1, 0.15) is 30.1 Å². The van der Waals surface area contributed by atoms with Gasteiger partial charge >= 0.3 is 17.9 Å². The monoisotopic (exact) mass is 394 g/mol. The van der Waals surface area contributed by atoms with Crippen molar-refractivity contribution < 1.29 is 33.8 Å². The number of hydrogen-bond donors (Lipinski definition) is 1. The van der Waals surface area contributed by atoms with E-state index in [1.165, 1.54) is 0 Å². The lowest BCUT2D eigenvalue weighted by atomic mass is 10.0. The molecule has 0 aliphatic rings. The van der Waals surface area contributed by atoms with Crippen LogP contribution in [0.3, 0.4) is 0 Å². The van der Waals surface area contributed by atoms with Gasteiger partial charge in [0.2, 0.25) is 5.78 Å². The number of Topliss-reactive ketones (excluding diaryl/α,β-unsaturated/α-hetero) is 1. The van der Waals surface area contributed by atoms with Gasteiger partial charge in [-0.1, -0.05) is 60.7 Å². The quantitative estimate of drug-likeness (QED) is 0.317. The molecule has 0 aromatic heterocycles. The van der Waals surface area contributed by atoms with E-state index in [-0.39, 0.29) is 0 Å². The molecule has 0 radical (unpaired) electrons. The van der Waals surface area contributed by atoms with E-state index < -0.39 is 49.2 Å². The van der Waals surface area contributed by atoms with E-state index in [1.54, 1.807) is 0 Å². The number of benzene rings is 2. The molecule has 7 nitrogen and oxygen atoms in total. The fraction of sp³-hybridized carbons (Fsp3) is 0.182. The third kappa shape index (κ3) is 7.31. The van der Waals surface area contributed by atoms with E-state index in [0.717, 1.165) is 11.1 Å². The van der Waals surface area contributed by atoms with Crippen molar-refractivity contribution >= 4 is 23.7 Å². The van der Waals surface area contributed by atoms with Gasteiger partial charge in [-0.15, -0.1) is 0 Å². The number of rotatable bonds is 8. The number of aliphatic carboxylic acids is 1. The van der Waals surface area contributed by atoms with Gasteiger partial charge in [0.1, 0.15) is 0 Å². The van der Waals surface area contributed by atoms with Crippen LogP contribution >= 0.6 is 0 Å². The first-order chi connectivity index (χ1) is 14.0. The molecule has 7 heteroatoms. The summed E-state index contributed by atoms with van der Waals surface area (Å²) in [6, 6.07) is 18.3. The Bertz CT molecular complexity index is 884. The number of ether oxygens (including phenoxy) is 2. The van der Waals surface area contributed by atoms with Crippen molar-refractivity contribution in [3.63, 3.8) is 0 Å². The Hall–Kier alpha value is -3.92. The number of ketones is 1. The summed E-state index contributed by atoms with van der Waals surface area (Å²) < 4.78 is 10.1. The Labute approximate surface area is 167 Å². The molecule has 0 spiro atoms. The lowest BCUT2D eigenvalue weighted by Crippen LogP contribution is -2.18. The van der Waals surface area contributed by atoms with Crippen LogP contribution in [-0.2, 0) is 28.7 Å². The van der Waals surface area contributed by atoms with E-state index in [1.807, 2.05) is 60.7 Å². The largest absolute Gasteiger partial charge is 0.481 e. The van der Waals surface area contributed by atoms with Crippen LogP contribution in [0.15, 0.2) is 60.7 Å². The maximum absolute atomic E-state index is 12.1. The zero-order chi connectivity index (χ0) is 21.1. The molecule has 29 heavy (non-hydrogen) atoms. The molecule has 2 aromatic rings. The number of carboxylic acid groups (broad SMARTS) is 1. The van der Waals surface area contributed by atoms with Crippen LogP contribution in [0.4, 0.5) is 0 Å². The molecule has 0 bridgehead atoms. The van der Waals surface area contributed by atoms with Crippen molar-refractivity contribution in [2.75, 3.05) is 6.61 Å². The molecule has 2 aromatic carbocycles. The van der Waals surface area contributed by atoms with E-state index in [9.17, 15) is 19.2 Å². The van der Waals surface area contributed by atoms with Crippen molar-refractivity contribution in [1.29, 1.82) is 0 Å². The molecule has 0 unspecified atom stereocenters. The van der Waals surface area contributed by atoms with Crippen molar-refractivity contribution in [2.24, 2.45) is 0 Å². The number of carbonyl (C=O) groups is 4. The maximum Gasteiger partial charge on any atom is 0.385 e. The summed E-state index contributed by atoms with van der Waals surface area (Å²) >= 11 is 0. The number of esters is 2. The smallest absolute Gasteiger partial charge is 0.385 e. The molecular weight excluding hydrogens is 376 g/mol. The number of hydrogen-bond acceptors (Lipinski definition) is 6. The third-order valence-electron chi connectivity index (χ3n) is 3.69. The van der Waals surface area contributed by atoms with Crippen molar-refractivity contribution in [3.8, 4) is 11.8 Å². The SMILES string of the molecule is O=C(O)CCC(=O)C(=O)OCC#CC(=O)OC(c1ccccc1)c1ccccc1. The minimum atomic E-state index is -1.19. The molecule has 1 N–H and O–H groups in total. The lowest BCUT2D eigenvalue weighted by molar-refractivity contribution is -0.153.